The van der Waals surface area contributed by atoms with Crippen molar-refractivity contribution in [2.45, 2.75) is 18.7 Å². The smallest absolute Gasteiger partial charge is 0.274 e. The molecule has 2 heterocycles. The Labute approximate surface area is 194 Å². The van der Waals surface area contributed by atoms with E-state index in [9.17, 15) is 9.18 Å². The molecule has 1 fully saturated rings. The van der Waals surface area contributed by atoms with E-state index < -0.39 is 0 Å². The van der Waals surface area contributed by atoms with Gasteiger partial charge in [0, 0.05) is 11.4 Å². The summed E-state index contributed by atoms with van der Waals surface area (Å²) in [5.41, 5.74) is 3.53. The molecular formula is C25H20FN3OS2. The summed E-state index contributed by atoms with van der Waals surface area (Å²) in [5.74, 6) is -0.420. The van der Waals surface area contributed by atoms with E-state index in [0.717, 1.165) is 33.4 Å². The molecule has 0 atom stereocenters. The maximum Gasteiger partial charge on any atom is 0.274 e. The Kier molecular flexibility index (Phi) is 5.53. The lowest BCUT2D eigenvalue weighted by molar-refractivity contribution is -0.113. The Morgan fingerprint density at radius 1 is 0.969 bits per heavy atom. The first-order chi connectivity index (χ1) is 15.5. The van der Waals surface area contributed by atoms with Crippen molar-refractivity contribution in [3.8, 4) is 0 Å². The van der Waals surface area contributed by atoms with Gasteiger partial charge in [-0.05, 0) is 79.7 Å². The molecule has 7 heteroatoms. The lowest BCUT2D eigenvalue weighted by Gasteiger charge is -2.19. The van der Waals surface area contributed by atoms with Crippen molar-refractivity contribution in [1.29, 1.82) is 0 Å². The zero-order chi connectivity index (χ0) is 22.2. The Morgan fingerprint density at radius 3 is 2.50 bits per heavy atom. The molecular weight excluding hydrogens is 441 g/mol. The Bertz CT molecular complexity index is 1270. The summed E-state index contributed by atoms with van der Waals surface area (Å²) in [6.07, 6.45) is 0. The molecule has 0 aliphatic carbocycles. The van der Waals surface area contributed by atoms with Crippen LogP contribution in [0.1, 0.15) is 12.5 Å². The first kappa shape index (κ1) is 20.8. The van der Waals surface area contributed by atoms with Gasteiger partial charge in [-0.2, -0.15) is 0 Å². The van der Waals surface area contributed by atoms with Crippen molar-refractivity contribution in [1.82, 2.24) is 0 Å². The number of nitrogens with zero attached hydrogens (tertiary/aromatic N) is 3. The quantitative estimate of drug-likeness (QED) is 0.407. The van der Waals surface area contributed by atoms with Crippen molar-refractivity contribution in [2.75, 3.05) is 16.3 Å². The molecule has 160 valence electrons. The zero-order valence-electron chi connectivity index (χ0n) is 17.6. The third-order valence-electron chi connectivity index (χ3n) is 5.21. The molecule has 0 bridgehead atoms. The summed E-state index contributed by atoms with van der Waals surface area (Å²) in [6.45, 7) is 4.83. The summed E-state index contributed by atoms with van der Waals surface area (Å²) in [6, 6.07) is 22.0. The number of amidine groups is 1. The minimum Gasteiger partial charge on any atom is -0.334 e. The van der Waals surface area contributed by atoms with Crippen LogP contribution >= 0.6 is 23.5 Å². The van der Waals surface area contributed by atoms with E-state index in [1.807, 2.05) is 43.3 Å². The molecule has 0 spiro atoms. The van der Waals surface area contributed by atoms with Gasteiger partial charge in [0.05, 0.1) is 17.1 Å². The number of rotatable bonds is 3. The third kappa shape index (κ3) is 3.72. The van der Waals surface area contributed by atoms with Crippen LogP contribution in [-0.4, -0.2) is 17.6 Å². The van der Waals surface area contributed by atoms with Gasteiger partial charge < -0.3 is 4.90 Å². The lowest BCUT2D eigenvalue weighted by Crippen LogP contribution is -2.29. The predicted octanol–water partition coefficient (Wildman–Crippen LogP) is 6.70. The number of hydrogen-bond donors (Lipinski definition) is 0. The van der Waals surface area contributed by atoms with Crippen LogP contribution in [0.4, 0.5) is 21.5 Å². The Hall–Kier alpha value is -3.03. The minimum atomic E-state index is -0.318. The van der Waals surface area contributed by atoms with Crippen LogP contribution in [0.15, 0.2) is 92.6 Å². The fourth-order valence-electron chi connectivity index (χ4n) is 3.72. The van der Waals surface area contributed by atoms with Gasteiger partial charge >= 0.3 is 0 Å². The number of benzene rings is 3. The van der Waals surface area contributed by atoms with Gasteiger partial charge in [0.25, 0.3) is 5.91 Å². The second kappa shape index (κ2) is 8.48. The van der Waals surface area contributed by atoms with E-state index in [1.54, 1.807) is 28.8 Å². The second-order valence-corrected chi connectivity index (χ2v) is 9.41. The molecule has 0 aromatic heterocycles. The standard InChI is InChI=1S/C25H20FN3OS2/c1-3-28-20-9-4-5-10-21(20)31-24(28)22-23(30)29(19-8-6-7-16(2)15-19)25(32-22)27-18-13-11-17(26)12-14-18/h4-15H,3H2,1-2H3/b24-22-,27-25?. The highest BCUT2D eigenvalue weighted by atomic mass is 32.2. The van der Waals surface area contributed by atoms with Gasteiger partial charge in [0.1, 0.15) is 15.8 Å². The van der Waals surface area contributed by atoms with E-state index >= 15 is 0 Å². The maximum absolute atomic E-state index is 13.7. The van der Waals surface area contributed by atoms with Crippen LogP contribution < -0.4 is 9.80 Å². The van der Waals surface area contributed by atoms with Gasteiger partial charge in [0.2, 0.25) is 0 Å². The first-order valence-electron chi connectivity index (χ1n) is 10.3. The Morgan fingerprint density at radius 2 is 1.75 bits per heavy atom. The maximum atomic E-state index is 13.7. The van der Waals surface area contributed by atoms with Gasteiger partial charge in [-0.15, -0.1) is 0 Å². The molecule has 0 saturated carbocycles. The van der Waals surface area contributed by atoms with Crippen molar-refractivity contribution < 1.29 is 9.18 Å². The number of carbonyl (C=O) groups is 1. The molecule has 32 heavy (non-hydrogen) atoms. The monoisotopic (exact) mass is 461 g/mol. The largest absolute Gasteiger partial charge is 0.334 e. The topological polar surface area (TPSA) is 35.9 Å². The zero-order valence-corrected chi connectivity index (χ0v) is 19.2. The van der Waals surface area contributed by atoms with Crippen molar-refractivity contribution >= 4 is 51.7 Å². The molecule has 0 radical (unpaired) electrons. The van der Waals surface area contributed by atoms with Crippen LogP contribution in [0.3, 0.4) is 0 Å². The van der Waals surface area contributed by atoms with Crippen LogP contribution in [0.25, 0.3) is 0 Å². The summed E-state index contributed by atoms with van der Waals surface area (Å²) >= 11 is 2.98. The highest BCUT2D eigenvalue weighted by molar-refractivity contribution is 8.20. The number of anilines is 2. The number of aryl methyl sites for hydroxylation is 1. The summed E-state index contributed by atoms with van der Waals surface area (Å²) in [7, 11) is 0. The molecule has 1 amide bonds. The number of amides is 1. The van der Waals surface area contributed by atoms with Gasteiger partial charge in [-0.3, -0.25) is 9.69 Å². The fraction of sp³-hybridized carbons (Fsp3) is 0.120. The molecule has 3 aromatic carbocycles. The normalized spacial score (nSPS) is 19.2. The SMILES string of the molecule is CCN1/C(=C2/SC(=Nc3ccc(F)cc3)N(c3cccc(C)c3)C2=O)Sc2ccccc21. The first-order valence-corrected chi connectivity index (χ1v) is 11.9. The van der Waals surface area contributed by atoms with E-state index in [0.29, 0.717) is 15.8 Å². The van der Waals surface area contributed by atoms with E-state index in [2.05, 4.69) is 24.0 Å². The number of para-hydroxylation sites is 1. The average Bonchev–Trinajstić information content (AvgIpc) is 3.32. The van der Waals surface area contributed by atoms with Crippen molar-refractivity contribution in [2.24, 2.45) is 4.99 Å². The predicted molar refractivity (Wildman–Crippen MR) is 132 cm³/mol. The van der Waals surface area contributed by atoms with Gasteiger partial charge in [0.15, 0.2) is 5.17 Å². The van der Waals surface area contributed by atoms with E-state index in [4.69, 9.17) is 4.99 Å². The molecule has 2 aliphatic rings. The molecule has 3 aromatic rings. The molecule has 4 nitrogen and oxygen atoms in total. The van der Waals surface area contributed by atoms with Gasteiger partial charge in [-0.25, -0.2) is 9.38 Å². The van der Waals surface area contributed by atoms with Crippen molar-refractivity contribution in [3.63, 3.8) is 0 Å². The molecule has 5 rings (SSSR count). The third-order valence-corrected chi connectivity index (χ3v) is 7.55. The highest BCUT2D eigenvalue weighted by Gasteiger charge is 2.40. The number of fused-ring (bicyclic) bond motifs is 1. The van der Waals surface area contributed by atoms with Crippen LogP contribution in [0.2, 0.25) is 0 Å². The Balaban J connectivity index is 1.63. The summed E-state index contributed by atoms with van der Waals surface area (Å²) in [5, 5.41) is 1.48. The highest BCUT2D eigenvalue weighted by Crippen LogP contribution is 2.51. The van der Waals surface area contributed by atoms with Gasteiger partial charge in [-0.1, -0.05) is 36.0 Å². The number of halogens is 1. The minimum absolute atomic E-state index is 0.102. The van der Waals surface area contributed by atoms with Crippen molar-refractivity contribution in [3.05, 3.63) is 94.1 Å². The number of carbonyl (C=O) groups excluding carboxylic acids is 1. The number of aliphatic imine (C=N–C) groups is 1. The fourth-order valence-corrected chi connectivity index (χ4v) is 6.11. The number of thioether (sulfide) groups is 2. The average molecular weight is 462 g/mol. The summed E-state index contributed by atoms with van der Waals surface area (Å²) in [4.78, 5) is 24.1. The van der Waals surface area contributed by atoms with E-state index in [1.165, 1.54) is 23.9 Å². The number of hydrogen-bond acceptors (Lipinski definition) is 5. The molecule has 2 aliphatic heterocycles. The second-order valence-electron chi connectivity index (χ2n) is 7.40. The van der Waals surface area contributed by atoms with E-state index in [-0.39, 0.29) is 11.7 Å². The van der Waals surface area contributed by atoms with Crippen LogP contribution in [0, 0.1) is 12.7 Å². The molecule has 1 saturated heterocycles. The van der Waals surface area contributed by atoms with Crippen LogP contribution in [-0.2, 0) is 4.79 Å². The lowest BCUT2D eigenvalue weighted by atomic mass is 10.2. The summed E-state index contributed by atoms with van der Waals surface area (Å²) < 4.78 is 13.4. The van der Waals surface area contributed by atoms with Crippen LogP contribution in [0.5, 0.6) is 0 Å². The molecule has 0 N–H and O–H groups in total. The molecule has 0 unspecified atom stereocenters.